The number of aliphatic hydroxyl groups is 1. The lowest BCUT2D eigenvalue weighted by Gasteiger charge is -2.26. The number of carbonyl (C=O) groups excluding carboxylic acids is 2. The third-order valence-electron chi connectivity index (χ3n) is 4.39. The van der Waals surface area contributed by atoms with Crippen LogP contribution in [0.5, 0.6) is 0 Å². The second-order valence-electron chi connectivity index (χ2n) is 5.90. The summed E-state index contributed by atoms with van der Waals surface area (Å²) in [5.41, 5.74) is 2.20. The van der Waals surface area contributed by atoms with Crippen molar-refractivity contribution in [1.82, 2.24) is 0 Å². The molecule has 0 bridgehead atoms. The number of hydrogen-bond acceptors (Lipinski definition) is 3. The first kappa shape index (κ1) is 13.2. The summed E-state index contributed by atoms with van der Waals surface area (Å²) in [5.74, 6) is -0.857. The van der Waals surface area contributed by atoms with Crippen molar-refractivity contribution >= 4 is 11.6 Å². The SMILES string of the molecule is CC(C)=C1CC2C(=C(C)C(=O)C1=O)CCC2(C)O. The van der Waals surface area contributed by atoms with Crippen LogP contribution in [0.25, 0.3) is 0 Å². The average Bonchev–Trinajstić information content (AvgIpc) is 2.53. The summed E-state index contributed by atoms with van der Waals surface area (Å²) >= 11 is 0. The molecule has 0 radical (unpaired) electrons. The van der Waals surface area contributed by atoms with Gasteiger partial charge in [-0.2, -0.15) is 0 Å². The van der Waals surface area contributed by atoms with E-state index < -0.39 is 5.60 Å². The summed E-state index contributed by atoms with van der Waals surface area (Å²) in [6, 6.07) is 0. The van der Waals surface area contributed by atoms with Crippen LogP contribution in [0.15, 0.2) is 22.3 Å². The van der Waals surface area contributed by atoms with Crippen LogP contribution >= 0.6 is 0 Å². The van der Waals surface area contributed by atoms with Crippen molar-refractivity contribution < 1.29 is 14.7 Å². The Hall–Kier alpha value is -1.22. The Bertz CT molecular complexity index is 488. The molecule has 0 heterocycles. The zero-order valence-corrected chi connectivity index (χ0v) is 11.5. The molecule has 2 rings (SSSR count). The molecule has 0 aromatic heterocycles. The van der Waals surface area contributed by atoms with Gasteiger partial charge < -0.3 is 5.11 Å². The summed E-state index contributed by atoms with van der Waals surface area (Å²) in [5, 5.41) is 10.4. The van der Waals surface area contributed by atoms with Gasteiger partial charge in [0.2, 0.25) is 11.6 Å². The fourth-order valence-electron chi connectivity index (χ4n) is 3.08. The fraction of sp³-hybridized carbons (Fsp3) is 0.600. The van der Waals surface area contributed by atoms with E-state index in [1.807, 2.05) is 13.8 Å². The van der Waals surface area contributed by atoms with E-state index in [1.165, 1.54) is 0 Å². The van der Waals surface area contributed by atoms with Gasteiger partial charge in [-0.3, -0.25) is 9.59 Å². The number of ketones is 2. The molecule has 0 aromatic rings. The first-order valence-corrected chi connectivity index (χ1v) is 6.43. The monoisotopic (exact) mass is 248 g/mol. The minimum absolute atomic E-state index is 0.0854. The smallest absolute Gasteiger partial charge is 0.229 e. The maximum Gasteiger partial charge on any atom is 0.229 e. The molecule has 98 valence electrons. The molecule has 2 unspecified atom stereocenters. The largest absolute Gasteiger partial charge is 0.390 e. The summed E-state index contributed by atoms with van der Waals surface area (Å²) in [6.45, 7) is 7.23. The van der Waals surface area contributed by atoms with E-state index in [9.17, 15) is 14.7 Å². The van der Waals surface area contributed by atoms with Crippen LogP contribution in [-0.4, -0.2) is 22.3 Å². The van der Waals surface area contributed by atoms with Gasteiger partial charge in [0.1, 0.15) is 0 Å². The maximum absolute atomic E-state index is 12.1. The number of allylic oxidation sites excluding steroid dienone is 3. The van der Waals surface area contributed by atoms with Gasteiger partial charge in [0, 0.05) is 17.1 Å². The van der Waals surface area contributed by atoms with Gasteiger partial charge in [0.15, 0.2) is 0 Å². The number of rotatable bonds is 0. The molecule has 2 aliphatic rings. The Kier molecular flexibility index (Phi) is 3.06. The maximum atomic E-state index is 12.1. The van der Waals surface area contributed by atoms with Crippen LogP contribution < -0.4 is 0 Å². The normalized spacial score (nSPS) is 32.7. The standard InChI is InChI=1S/C15H20O3/c1-8(2)11-7-12-10(5-6-15(12,4)18)9(3)13(16)14(11)17/h12,18H,5-7H2,1-4H3. The van der Waals surface area contributed by atoms with E-state index in [-0.39, 0.29) is 17.5 Å². The van der Waals surface area contributed by atoms with Gasteiger partial charge in [0.05, 0.1) is 5.60 Å². The van der Waals surface area contributed by atoms with Gasteiger partial charge in [-0.1, -0.05) is 11.1 Å². The molecule has 0 saturated heterocycles. The molecule has 3 nitrogen and oxygen atoms in total. The second-order valence-corrected chi connectivity index (χ2v) is 5.90. The molecule has 0 aliphatic heterocycles. The summed E-state index contributed by atoms with van der Waals surface area (Å²) in [4.78, 5) is 24.2. The van der Waals surface area contributed by atoms with Gasteiger partial charge >= 0.3 is 0 Å². The molecule has 0 aromatic carbocycles. The number of Topliss-reactive ketones (excluding diaryl/α,β-unsaturated/α-hetero) is 2. The van der Waals surface area contributed by atoms with E-state index >= 15 is 0 Å². The van der Waals surface area contributed by atoms with Gasteiger partial charge in [-0.05, 0) is 47.0 Å². The van der Waals surface area contributed by atoms with E-state index in [0.29, 0.717) is 24.0 Å². The predicted octanol–water partition coefficient (Wildman–Crippen LogP) is 2.34. The Morgan fingerprint density at radius 3 is 2.44 bits per heavy atom. The molecule has 0 spiro atoms. The van der Waals surface area contributed by atoms with Crippen LogP contribution in [0.2, 0.25) is 0 Å². The number of fused-ring (bicyclic) bond motifs is 1. The van der Waals surface area contributed by atoms with Crippen molar-refractivity contribution in [2.24, 2.45) is 5.92 Å². The lowest BCUT2D eigenvalue weighted by molar-refractivity contribution is -0.132. The Balaban J connectivity index is 2.58. The highest BCUT2D eigenvalue weighted by atomic mass is 16.3. The predicted molar refractivity (Wildman–Crippen MR) is 69.1 cm³/mol. The Morgan fingerprint density at radius 2 is 1.89 bits per heavy atom. The van der Waals surface area contributed by atoms with Crippen molar-refractivity contribution in [3.05, 3.63) is 22.3 Å². The van der Waals surface area contributed by atoms with E-state index in [0.717, 1.165) is 17.6 Å². The quantitative estimate of drug-likeness (QED) is 0.529. The van der Waals surface area contributed by atoms with E-state index in [4.69, 9.17) is 0 Å². The zero-order chi connectivity index (χ0) is 13.7. The minimum Gasteiger partial charge on any atom is -0.390 e. The molecule has 3 heteroatoms. The van der Waals surface area contributed by atoms with Crippen molar-refractivity contribution in [3.8, 4) is 0 Å². The van der Waals surface area contributed by atoms with Crippen LogP contribution in [0.3, 0.4) is 0 Å². The first-order chi connectivity index (χ1) is 8.25. The Morgan fingerprint density at radius 1 is 1.28 bits per heavy atom. The molecular weight excluding hydrogens is 228 g/mol. The highest BCUT2D eigenvalue weighted by molar-refractivity contribution is 6.49. The zero-order valence-electron chi connectivity index (χ0n) is 11.5. The van der Waals surface area contributed by atoms with Crippen LogP contribution in [0.4, 0.5) is 0 Å². The van der Waals surface area contributed by atoms with Crippen molar-refractivity contribution in [2.45, 2.75) is 52.6 Å². The third-order valence-corrected chi connectivity index (χ3v) is 4.39. The Labute approximate surface area is 108 Å². The second kappa shape index (κ2) is 4.16. The molecule has 1 fully saturated rings. The van der Waals surface area contributed by atoms with Crippen molar-refractivity contribution in [1.29, 1.82) is 0 Å². The number of hydrogen-bond donors (Lipinski definition) is 1. The van der Waals surface area contributed by atoms with Gasteiger partial charge in [-0.15, -0.1) is 0 Å². The molecule has 1 N–H and O–H groups in total. The number of carbonyl (C=O) groups is 2. The van der Waals surface area contributed by atoms with Crippen LogP contribution in [0.1, 0.15) is 47.0 Å². The lowest BCUT2D eigenvalue weighted by Crippen LogP contribution is -2.30. The molecule has 0 amide bonds. The first-order valence-electron chi connectivity index (χ1n) is 6.43. The van der Waals surface area contributed by atoms with Gasteiger partial charge in [-0.25, -0.2) is 0 Å². The average molecular weight is 248 g/mol. The highest BCUT2D eigenvalue weighted by Crippen LogP contribution is 2.46. The topological polar surface area (TPSA) is 54.4 Å². The molecule has 18 heavy (non-hydrogen) atoms. The lowest BCUT2D eigenvalue weighted by atomic mass is 9.84. The summed E-state index contributed by atoms with van der Waals surface area (Å²) < 4.78 is 0. The van der Waals surface area contributed by atoms with Crippen molar-refractivity contribution in [3.63, 3.8) is 0 Å². The molecule has 2 atom stereocenters. The van der Waals surface area contributed by atoms with E-state index in [2.05, 4.69) is 0 Å². The fourth-order valence-corrected chi connectivity index (χ4v) is 3.08. The molecule has 1 saturated carbocycles. The van der Waals surface area contributed by atoms with Gasteiger partial charge in [0.25, 0.3) is 0 Å². The highest BCUT2D eigenvalue weighted by Gasteiger charge is 2.45. The van der Waals surface area contributed by atoms with E-state index in [1.54, 1.807) is 13.8 Å². The van der Waals surface area contributed by atoms with Crippen LogP contribution in [0, 0.1) is 5.92 Å². The molecule has 2 aliphatic carbocycles. The van der Waals surface area contributed by atoms with Crippen molar-refractivity contribution in [2.75, 3.05) is 0 Å². The minimum atomic E-state index is -0.803. The van der Waals surface area contributed by atoms with Crippen LogP contribution in [-0.2, 0) is 9.59 Å². The molecular formula is C15H20O3. The summed E-state index contributed by atoms with van der Waals surface area (Å²) in [6.07, 6.45) is 1.88. The summed E-state index contributed by atoms with van der Waals surface area (Å²) in [7, 11) is 0. The third kappa shape index (κ3) is 1.87.